The first-order chi connectivity index (χ1) is 17.0. The zero-order valence-electron chi connectivity index (χ0n) is 19.6. The third kappa shape index (κ3) is 3.77. The zero-order valence-corrected chi connectivity index (χ0v) is 19.6. The molecule has 2 amide bonds. The van der Waals surface area contributed by atoms with Gasteiger partial charge in [0, 0.05) is 31.5 Å². The fourth-order valence-corrected chi connectivity index (χ4v) is 6.29. The Balaban J connectivity index is 1.09. The summed E-state index contributed by atoms with van der Waals surface area (Å²) in [6, 6.07) is 16.1. The van der Waals surface area contributed by atoms with Crippen LogP contribution in [0.25, 0.3) is 11.1 Å². The highest BCUT2D eigenvalue weighted by molar-refractivity contribution is 5.84. The van der Waals surface area contributed by atoms with Crippen LogP contribution in [0.5, 0.6) is 0 Å². The molecule has 6 rings (SSSR count). The molecule has 3 atom stereocenters. The van der Waals surface area contributed by atoms with E-state index in [1.165, 1.54) is 11.1 Å². The highest BCUT2D eigenvalue weighted by Gasteiger charge is 2.66. The van der Waals surface area contributed by atoms with E-state index in [4.69, 9.17) is 4.74 Å². The van der Waals surface area contributed by atoms with Gasteiger partial charge in [-0.1, -0.05) is 55.0 Å². The molecule has 0 aromatic heterocycles. The minimum Gasteiger partial charge on any atom is -0.481 e. The monoisotopic (exact) mass is 474 g/mol. The number of carboxylic acid groups (broad SMARTS) is 1. The summed E-state index contributed by atoms with van der Waals surface area (Å²) in [5, 5.41) is 12.5. The van der Waals surface area contributed by atoms with Crippen molar-refractivity contribution in [1.82, 2.24) is 10.2 Å². The molecule has 2 aromatic carbocycles. The lowest BCUT2D eigenvalue weighted by Gasteiger charge is -2.34. The van der Waals surface area contributed by atoms with Gasteiger partial charge in [0.15, 0.2) is 0 Å². The number of ether oxygens (including phenoxy) is 1. The van der Waals surface area contributed by atoms with Crippen LogP contribution in [0.4, 0.5) is 4.79 Å². The van der Waals surface area contributed by atoms with Crippen molar-refractivity contribution in [1.29, 1.82) is 0 Å². The van der Waals surface area contributed by atoms with Gasteiger partial charge in [-0.15, -0.1) is 0 Å². The molecular weight excluding hydrogens is 444 g/mol. The summed E-state index contributed by atoms with van der Waals surface area (Å²) in [5.41, 5.74) is 3.94. The number of rotatable bonds is 7. The maximum absolute atomic E-state index is 13.0. The Morgan fingerprint density at radius 3 is 2.29 bits per heavy atom. The van der Waals surface area contributed by atoms with Gasteiger partial charge in [0.05, 0.1) is 5.41 Å². The van der Waals surface area contributed by atoms with Crippen molar-refractivity contribution in [2.75, 3.05) is 19.7 Å². The van der Waals surface area contributed by atoms with Gasteiger partial charge in [0.2, 0.25) is 5.91 Å². The number of likely N-dealkylation sites (tertiary alicyclic amines) is 1. The molecule has 4 aliphatic rings. The van der Waals surface area contributed by atoms with Crippen molar-refractivity contribution in [3.8, 4) is 11.1 Å². The van der Waals surface area contributed by atoms with E-state index in [1.54, 1.807) is 4.90 Å². The minimum absolute atomic E-state index is 0.0135. The number of carbonyl (C=O) groups is 3. The lowest BCUT2D eigenvalue weighted by Crippen LogP contribution is -2.47. The van der Waals surface area contributed by atoms with E-state index in [-0.39, 0.29) is 49.3 Å². The summed E-state index contributed by atoms with van der Waals surface area (Å²) in [6.45, 7) is 1.03. The maximum Gasteiger partial charge on any atom is 0.407 e. The van der Waals surface area contributed by atoms with Crippen LogP contribution >= 0.6 is 0 Å². The summed E-state index contributed by atoms with van der Waals surface area (Å²) in [5.74, 6) is -0.564. The summed E-state index contributed by atoms with van der Waals surface area (Å²) in [7, 11) is 0. The molecule has 7 nitrogen and oxygen atoms in total. The molecule has 3 unspecified atom stereocenters. The Morgan fingerprint density at radius 2 is 1.71 bits per heavy atom. The quantitative estimate of drug-likeness (QED) is 0.632. The first-order valence-corrected chi connectivity index (χ1v) is 12.6. The average molecular weight is 475 g/mol. The average Bonchev–Trinajstić information content (AvgIpc) is 3.24. The van der Waals surface area contributed by atoms with Crippen LogP contribution in [0, 0.1) is 17.3 Å². The molecule has 3 aliphatic carbocycles. The predicted molar refractivity (Wildman–Crippen MR) is 129 cm³/mol. The van der Waals surface area contributed by atoms with E-state index >= 15 is 0 Å². The van der Waals surface area contributed by atoms with Gasteiger partial charge in [-0.05, 0) is 53.4 Å². The number of hydrogen-bond donors (Lipinski definition) is 2. The number of alkyl carbamates (subject to hydrolysis) is 1. The molecule has 0 radical (unpaired) electrons. The topological polar surface area (TPSA) is 95.9 Å². The molecule has 2 saturated carbocycles. The molecule has 0 bridgehead atoms. The SMILES string of the molecule is O=C(NC(CC(=O)N1CC2CC2(C(=O)O)C1)C1CCC1)OCC1c2ccccc2-c2ccccc21. The smallest absolute Gasteiger partial charge is 0.407 e. The van der Waals surface area contributed by atoms with Crippen LogP contribution in [0.1, 0.15) is 49.1 Å². The summed E-state index contributed by atoms with van der Waals surface area (Å²) < 4.78 is 5.71. The van der Waals surface area contributed by atoms with Crippen molar-refractivity contribution < 1.29 is 24.2 Å². The van der Waals surface area contributed by atoms with Gasteiger partial charge in [0.25, 0.3) is 0 Å². The van der Waals surface area contributed by atoms with Crippen molar-refractivity contribution in [3.63, 3.8) is 0 Å². The number of hydrogen-bond acceptors (Lipinski definition) is 4. The van der Waals surface area contributed by atoms with Gasteiger partial charge in [0.1, 0.15) is 6.61 Å². The summed E-state index contributed by atoms with van der Waals surface area (Å²) in [4.78, 5) is 39.1. The number of fused-ring (bicyclic) bond motifs is 4. The molecule has 182 valence electrons. The van der Waals surface area contributed by atoms with E-state index in [1.807, 2.05) is 24.3 Å². The van der Waals surface area contributed by atoms with Crippen molar-refractivity contribution in [2.24, 2.45) is 17.3 Å². The van der Waals surface area contributed by atoms with Crippen LogP contribution in [0.15, 0.2) is 48.5 Å². The van der Waals surface area contributed by atoms with E-state index < -0.39 is 17.5 Å². The second-order valence-corrected chi connectivity index (χ2v) is 10.6. The highest BCUT2D eigenvalue weighted by Crippen LogP contribution is 2.58. The van der Waals surface area contributed by atoms with Crippen LogP contribution in [0.3, 0.4) is 0 Å². The number of amides is 2. The Bertz CT molecular complexity index is 1150. The second-order valence-electron chi connectivity index (χ2n) is 10.6. The van der Waals surface area contributed by atoms with Gasteiger partial charge in [-0.3, -0.25) is 9.59 Å². The Kier molecular flexibility index (Phi) is 5.31. The summed E-state index contributed by atoms with van der Waals surface area (Å²) in [6.07, 6.45) is 3.40. The predicted octanol–water partition coefficient (Wildman–Crippen LogP) is 4.02. The molecule has 1 heterocycles. The van der Waals surface area contributed by atoms with Gasteiger partial charge in [-0.2, -0.15) is 0 Å². The second kappa shape index (κ2) is 8.40. The highest BCUT2D eigenvalue weighted by atomic mass is 16.5. The Morgan fingerprint density at radius 1 is 1.06 bits per heavy atom. The van der Waals surface area contributed by atoms with E-state index in [0.29, 0.717) is 13.0 Å². The van der Waals surface area contributed by atoms with Crippen LogP contribution in [0.2, 0.25) is 0 Å². The fraction of sp³-hybridized carbons (Fsp3) is 0.464. The minimum atomic E-state index is -0.801. The first-order valence-electron chi connectivity index (χ1n) is 12.6. The lowest BCUT2D eigenvalue weighted by atomic mass is 9.78. The van der Waals surface area contributed by atoms with Crippen molar-refractivity contribution >= 4 is 18.0 Å². The van der Waals surface area contributed by atoms with Crippen LogP contribution < -0.4 is 5.32 Å². The van der Waals surface area contributed by atoms with Gasteiger partial charge < -0.3 is 20.1 Å². The standard InChI is InChI=1S/C28H30N2O5/c31-25(30-14-18-13-28(18,16-30)26(32)33)12-24(17-6-5-7-17)29-27(34)35-15-23-21-10-3-1-8-19(21)20-9-2-4-11-22(20)23/h1-4,8-11,17-18,23-24H,5-7,12-16H2,(H,29,34)(H,32,33). The fourth-order valence-electron chi connectivity index (χ4n) is 6.29. The number of benzene rings is 2. The van der Waals surface area contributed by atoms with E-state index in [9.17, 15) is 19.5 Å². The number of piperidine rings is 1. The number of nitrogens with one attached hydrogen (secondary N) is 1. The van der Waals surface area contributed by atoms with E-state index in [2.05, 4.69) is 29.6 Å². The molecule has 1 aliphatic heterocycles. The molecule has 2 N–H and O–H groups in total. The summed E-state index contributed by atoms with van der Waals surface area (Å²) >= 11 is 0. The molecule has 2 aromatic rings. The molecule has 7 heteroatoms. The van der Waals surface area contributed by atoms with Crippen molar-refractivity contribution in [3.05, 3.63) is 59.7 Å². The molecular formula is C28H30N2O5. The first kappa shape index (κ1) is 22.1. The number of nitrogens with zero attached hydrogens (tertiary/aromatic N) is 1. The van der Waals surface area contributed by atoms with E-state index in [0.717, 1.165) is 30.4 Å². The number of aliphatic carboxylic acids is 1. The number of carboxylic acids is 1. The van der Waals surface area contributed by atoms with Crippen LogP contribution in [-0.4, -0.2) is 53.7 Å². The molecule has 0 spiro atoms. The molecule has 3 fully saturated rings. The Hall–Kier alpha value is -3.35. The largest absolute Gasteiger partial charge is 0.481 e. The Labute approximate surface area is 204 Å². The maximum atomic E-state index is 13.0. The number of carbonyl (C=O) groups excluding carboxylic acids is 2. The third-order valence-corrected chi connectivity index (χ3v) is 8.68. The molecule has 35 heavy (non-hydrogen) atoms. The van der Waals surface area contributed by atoms with Crippen molar-refractivity contribution in [2.45, 2.75) is 44.1 Å². The molecule has 1 saturated heterocycles. The third-order valence-electron chi connectivity index (χ3n) is 8.68. The normalized spacial score (nSPS) is 25.1. The lowest BCUT2D eigenvalue weighted by molar-refractivity contribution is -0.144. The van der Waals surface area contributed by atoms with Gasteiger partial charge in [-0.25, -0.2) is 4.79 Å². The van der Waals surface area contributed by atoms with Gasteiger partial charge >= 0.3 is 12.1 Å². The zero-order chi connectivity index (χ0) is 24.2. The van der Waals surface area contributed by atoms with Crippen LogP contribution in [-0.2, 0) is 14.3 Å².